The van der Waals surface area contributed by atoms with Crippen LogP contribution in [0.1, 0.15) is 0 Å². The van der Waals surface area contributed by atoms with Crippen molar-refractivity contribution in [3.8, 4) is 11.5 Å². The van der Waals surface area contributed by atoms with E-state index in [-0.39, 0.29) is 6.61 Å². The third kappa shape index (κ3) is 4.78. The Labute approximate surface area is 168 Å². The summed E-state index contributed by atoms with van der Waals surface area (Å²) in [6, 6.07) is 14.6. The zero-order valence-electron chi connectivity index (χ0n) is 15.8. The van der Waals surface area contributed by atoms with E-state index in [1.54, 1.807) is 18.2 Å². The molecule has 1 atom stereocenters. The summed E-state index contributed by atoms with van der Waals surface area (Å²) in [5, 5.41) is 2.71. The summed E-state index contributed by atoms with van der Waals surface area (Å²) in [6.45, 7) is 2.76. The summed E-state index contributed by atoms with van der Waals surface area (Å²) in [5.74, 6) is -0.00718. The standard InChI is InChI=1S/C21H22N2O6/c24-20(22-15-5-7-16(8-6-15)23-9-11-26-12-10-23)14-28-21(25)19-13-27-17-3-1-2-4-18(17)29-19/h1-8,19H,9-14H2,(H,22,24)/t19-/m0/s1. The first-order valence-electron chi connectivity index (χ1n) is 9.47. The Morgan fingerprint density at radius 2 is 1.76 bits per heavy atom. The summed E-state index contributed by atoms with van der Waals surface area (Å²) in [5.41, 5.74) is 1.71. The van der Waals surface area contributed by atoms with Crippen LogP contribution in [-0.2, 0) is 19.1 Å². The van der Waals surface area contributed by atoms with E-state index in [1.807, 2.05) is 30.3 Å². The van der Waals surface area contributed by atoms with Crippen LogP contribution in [0.3, 0.4) is 0 Å². The van der Waals surface area contributed by atoms with Crippen LogP contribution < -0.4 is 19.7 Å². The normalized spacial score (nSPS) is 18.1. The van der Waals surface area contributed by atoms with Crippen molar-refractivity contribution < 1.29 is 28.5 Å². The fourth-order valence-corrected chi connectivity index (χ4v) is 3.14. The molecule has 152 valence electrons. The van der Waals surface area contributed by atoms with Crippen molar-refractivity contribution in [3.63, 3.8) is 0 Å². The van der Waals surface area contributed by atoms with Crippen molar-refractivity contribution in [2.24, 2.45) is 0 Å². The van der Waals surface area contributed by atoms with E-state index >= 15 is 0 Å². The first kappa shape index (κ1) is 19.1. The molecule has 8 nitrogen and oxygen atoms in total. The zero-order valence-corrected chi connectivity index (χ0v) is 15.8. The highest BCUT2D eigenvalue weighted by Gasteiger charge is 2.29. The minimum Gasteiger partial charge on any atom is -0.485 e. The number of ether oxygens (including phenoxy) is 4. The lowest BCUT2D eigenvalue weighted by Gasteiger charge is -2.28. The average molecular weight is 398 g/mol. The van der Waals surface area contributed by atoms with Gasteiger partial charge in [0.15, 0.2) is 18.1 Å². The van der Waals surface area contributed by atoms with Crippen molar-refractivity contribution in [1.29, 1.82) is 0 Å². The van der Waals surface area contributed by atoms with Gasteiger partial charge in [0, 0.05) is 24.5 Å². The largest absolute Gasteiger partial charge is 0.485 e. The SMILES string of the molecule is O=C(COC(=O)[C@@H]1COc2ccccc2O1)Nc1ccc(N2CCOCC2)cc1. The molecule has 2 aromatic rings. The molecule has 2 aliphatic heterocycles. The summed E-state index contributed by atoms with van der Waals surface area (Å²) in [7, 11) is 0. The number of carbonyl (C=O) groups excluding carboxylic acids is 2. The number of carbonyl (C=O) groups is 2. The quantitative estimate of drug-likeness (QED) is 0.769. The first-order chi connectivity index (χ1) is 14.2. The highest BCUT2D eigenvalue weighted by Crippen LogP contribution is 2.31. The number of hydrogen-bond donors (Lipinski definition) is 1. The molecule has 0 aliphatic carbocycles. The average Bonchev–Trinajstić information content (AvgIpc) is 2.78. The summed E-state index contributed by atoms with van der Waals surface area (Å²) >= 11 is 0. The molecule has 8 heteroatoms. The van der Waals surface area contributed by atoms with Gasteiger partial charge >= 0.3 is 5.97 Å². The van der Waals surface area contributed by atoms with E-state index in [9.17, 15) is 9.59 Å². The Hall–Kier alpha value is -3.26. The van der Waals surface area contributed by atoms with Crippen LogP contribution in [-0.4, -0.2) is 57.5 Å². The van der Waals surface area contributed by atoms with Gasteiger partial charge in [0.2, 0.25) is 6.10 Å². The smallest absolute Gasteiger partial charge is 0.351 e. The van der Waals surface area contributed by atoms with Crippen LogP contribution in [0.2, 0.25) is 0 Å². The van der Waals surface area contributed by atoms with Gasteiger partial charge in [0.05, 0.1) is 13.2 Å². The van der Waals surface area contributed by atoms with E-state index in [2.05, 4.69) is 10.2 Å². The molecule has 0 radical (unpaired) electrons. The monoisotopic (exact) mass is 398 g/mol. The number of para-hydroxylation sites is 2. The molecule has 0 aromatic heterocycles. The number of benzene rings is 2. The fourth-order valence-electron chi connectivity index (χ4n) is 3.14. The van der Waals surface area contributed by atoms with Crippen LogP contribution in [0.25, 0.3) is 0 Å². The third-order valence-electron chi connectivity index (χ3n) is 4.64. The Kier molecular flexibility index (Phi) is 5.81. The van der Waals surface area contributed by atoms with Crippen molar-refractivity contribution in [2.75, 3.05) is 49.7 Å². The first-order valence-corrected chi connectivity index (χ1v) is 9.47. The number of nitrogens with one attached hydrogen (secondary N) is 1. The molecule has 1 N–H and O–H groups in total. The van der Waals surface area contributed by atoms with Gasteiger partial charge in [0.1, 0.15) is 6.61 Å². The van der Waals surface area contributed by atoms with Gasteiger partial charge in [-0.25, -0.2) is 4.79 Å². The summed E-state index contributed by atoms with van der Waals surface area (Å²) < 4.78 is 21.5. The molecule has 29 heavy (non-hydrogen) atoms. The van der Waals surface area contributed by atoms with E-state index < -0.39 is 24.6 Å². The van der Waals surface area contributed by atoms with Crippen LogP contribution in [0, 0.1) is 0 Å². The Morgan fingerprint density at radius 3 is 2.52 bits per heavy atom. The minimum absolute atomic E-state index is 0.0421. The van der Waals surface area contributed by atoms with Crippen LogP contribution >= 0.6 is 0 Å². The van der Waals surface area contributed by atoms with Gasteiger partial charge in [-0.2, -0.15) is 0 Å². The van der Waals surface area contributed by atoms with Gasteiger partial charge < -0.3 is 29.2 Å². The van der Waals surface area contributed by atoms with Crippen LogP contribution in [0.5, 0.6) is 11.5 Å². The lowest BCUT2D eigenvalue weighted by atomic mass is 10.2. The van der Waals surface area contributed by atoms with Gasteiger partial charge in [-0.1, -0.05) is 12.1 Å². The second kappa shape index (κ2) is 8.83. The molecule has 1 amide bonds. The molecule has 4 rings (SSSR count). The number of nitrogens with zero attached hydrogens (tertiary/aromatic N) is 1. The fraction of sp³-hybridized carbons (Fsp3) is 0.333. The Balaban J connectivity index is 1.24. The highest BCUT2D eigenvalue weighted by atomic mass is 16.6. The van der Waals surface area contributed by atoms with Crippen LogP contribution in [0.4, 0.5) is 11.4 Å². The number of fused-ring (bicyclic) bond motifs is 1. The van der Waals surface area contributed by atoms with E-state index in [0.29, 0.717) is 30.4 Å². The lowest BCUT2D eigenvalue weighted by molar-refractivity contribution is -0.156. The number of anilines is 2. The molecule has 2 heterocycles. The van der Waals surface area contributed by atoms with E-state index in [4.69, 9.17) is 18.9 Å². The molecule has 0 spiro atoms. The predicted octanol–water partition coefficient (Wildman–Crippen LogP) is 1.84. The molecular weight excluding hydrogens is 376 g/mol. The maximum Gasteiger partial charge on any atom is 0.351 e. The summed E-state index contributed by atoms with van der Waals surface area (Å²) in [4.78, 5) is 26.5. The van der Waals surface area contributed by atoms with Crippen LogP contribution in [0.15, 0.2) is 48.5 Å². The predicted molar refractivity (Wildman–Crippen MR) is 105 cm³/mol. The second-order valence-electron chi connectivity index (χ2n) is 6.67. The molecule has 1 saturated heterocycles. The number of esters is 1. The Bertz CT molecular complexity index is 864. The zero-order chi connectivity index (χ0) is 20.1. The van der Waals surface area contributed by atoms with Crippen molar-refractivity contribution in [3.05, 3.63) is 48.5 Å². The molecular formula is C21H22N2O6. The van der Waals surface area contributed by atoms with Crippen molar-refractivity contribution in [1.82, 2.24) is 0 Å². The number of amides is 1. The third-order valence-corrected chi connectivity index (χ3v) is 4.64. The van der Waals surface area contributed by atoms with E-state index in [1.165, 1.54) is 0 Å². The lowest BCUT2D eigenvalue weighted by Crippen LogP contribution is -2.39. The minimum atomic E-state index is -0.898. The number of rotatable bonds is 5. The van der Waals surface area contributed by atoms with Crippen molar-refractivity contribution >= 4 is 23.3 Å². The topological polar surface area (TPSA) is 86.3 Å². The van der Waals surface area contributed by atoms with Gasteiger partial charge in [-0.05, 0) is 36.4 Å². The molecule has 2 aliphatic rings. The number of morpholine rings is 1. The molecule has 2 aromatic carbocycles. The number of hydrogen-bond acceptors (Lipinski definition) is 7. The molecule has 0 bridgehead atoms. The van der Waals surface area contributed by atoms with Gasteiger partial charge in [-0.3, -0.25) is 4.79 Å². The summed E-state index contributed by atoms with van der Waals surface area (Å²) in [6.07, 6.45) is -0.898. The molecule has 1 fully saturated rings. The Morgan fingerprint density at radius 1 is 1.03 bits per heavy atom. The maximum atomic E-state index is 12.2. The highest BCUT2D eigenvalue weighted by molar-refractivity contribution is 5.93. The molecule has 0 saturated carbocycles. The van der Waals surface area contributed by atoms with E-state index in [0.717, 1.165) is 18.8 Å². The van der Waals surface area contributed by atoms with Crippen molar-refractivity contribution in [2.45, 2.75) is 6.10 Å². The van der Waals surface area contributed by atoms with Gasteiger partial charge in [0.25, 0.3) is 5.91 Å². The van der Waals surface area contributed by atoms with Gasteiger partial charge in [-0.15, -0.1) is 0 Å². The second-order valence-corrected chi connectivity index (χ2v) is 6.67. The maximum absolute atomic E-state index is 12.2. The molecule has 0 unspecified atom stereocenters.